The Morgan fingerprint density at radius 3 is 2.94 bits per heavy atom. The second kappa shape index (κ2) is 4.45. The molecule has 0 aliphatic rings. The highest BCUT2D eigenvalue weighted by molar-refractivity contribution is 6.02. The minimum atomic E-state index is -0.618. The van der Waals surface area contributed by atoms with Crippen LogP contribution in [0.5, 0.6) is 0 Å². The molecule has 1 amide bonds. The topological polar surface area (TPSA) is 81.6 Å². The van der Waals surface area contributed by atoms with Gasteiger partial charge in [-0.3, -0.25) is 9.89 Å². The Morgan fingerprint density at radius 1 is 1.47 bits per heavy atom. The summed E-state index contributed by atoms with van der Waals surface area (Å²) < 4.78 is 13.0. The van der Waals surface area contributed by atoms with E-state index in [4.69, 9.17) is 5.26 Å². The molecule has 0 fully saturated rings. The van der Waals surface area contributed by atoms with Gasteiger partial charge in [-0.15, -0.1) is 0 Å². The zero-order valence-electron chi connectivity index (χ0n) is 8.57. The van der Waals surface area contributed by atoms with Crippen LogP contribution in [0, 0.1) is 17.1 Å². The van der Waals surface area contributed by atoms with Crippen LogP contribution in [0.15, 0.2) is 30.5 Å². The zero-order chi connectivity index (χ0) is 12.3. The van der Waals surface area contributed by atoms with Gasteiger partial charge in [0.15, 0.2) is 0 Å². The monoisotopic (exact) mass is 230 g/mol. The number of halogens is 1. The van der Waals surface area contributed by atoms with Gasteiger partial charge in [-0.25, -0.2) is 4.39 Å². The molecule has 1 aromatic carbocycles. The fraction of sp³-hybridized carbons (Fsp3) is 0. The number of amides is 1. The zero-order valence-corrected chi connectivity index (χ0v) is 8.57. The summed E-state index contributed by atoms with van der Waals surface area (Å²) in [5.74, 6) is -1.02. The molecular weight excluding hydrogens is 223 g/mol. The van der Waals surface area contributed by atoms with Crippen molar-refractivity contribution in [1.29, 1.82) is 5.26 Å². The number of nitrogens with one attached hydrogen (secondary N) is 2. The van der Waals surface area contributed by atoms with Crippen LogP contribution < -0.4 is 5.32 Å². The Balaban J connectivity index is 2.20. The summed E-state index contributed by atoms with van der Waals surface area (Å²) in [6.45, 7) is 0. The molecule has 84 valence electrons. The fourth-order valence-electron chi connectivity index (χ4n) is 1.27. The number of H-pyrrole nitrogens is 1. The maximum Gasteiger partial charge on any atom is 0.273 e. The molecule has 5 nitrogen and oxygen atoms in total. The van der Waals surface area contributed by atoms with Crippen LogP contribution in [-0.4, -0.2) is 16.1 Å². The van der Waals surface area contributed by atoms with Gasteiger partial charge in [-0.05, 0) is 24.3 Å². The van der Waals surface area contributed by atoms with Crippen molar-refractivity contribution >= 4 is 11.6 Å². The second-order valence-corrected chi connectivity index (χ2v) is 3.23. The Hall–Kier alpha value is -2.68. The molecule has 0 radical (unpaired) electrons. The lowest BCUT2D eigenvalue weighted by Gasteiger charge is -2.03. The van der Waals surface area contributed by atoms with Gasteiger partial charge in [0, 0.05) is 11.9 Å². The minimum absolute atomic E-state index is 0.118. The summed E-state index contributed by atoms with van der Waals surface area (Å²) >= 11 is 0. The molecule has 17 heavy (non-hydrogen) atoms. The third-order valence-electron chi connectivity index (χ3n) is 2.09. The third-order valence-corrected chi connectivity index (χ3v) is 2.09. The molecule has 0 saturated heterocycles. The Bertz CT molecular complexity index is 586. The summed E-state index contributed by atoms with van der Waals surface area (Å²) in [4.78, 5) is 11.6. The molecule has 2 aromatic rings. The summed E-state index contributed by atoms with van der Waals surface area (Å²) in [6.07, 6.45) is 1.44. The average molecular weight is 230 g/mol. The van der Waals surface area contributed by atoms with Crippen molar-refractivity contribution in [3.63, 3.8) is 0 Å². The number of nitriles is 1. The van der Waals surface area contributed by atoms with E-state index >= 15 is 0 Å². The van der Waals surface area contributed by atoms with Crippen LogP contribution in [0.3, 0.4) is 0 Å². The summed E-state index contributed by atoms with van der Waals surface area (Å²) in [5, 5.41) is 17.3. The van der Waals surface area contributed by atoms with Gasteiger partial charge in [0.05, 0.1) is 5.56 Å². The number of aromatic amines is 1. The lowest BCUT2D eigenvalue weighted by atomic mass is 10.2. The summed E-state index contributed by atoms with van der Waals surface area (Å²) in [6, 6.07) is 6.97. The van der Waals surface area contributed by atoms with Crippen molar-refractivity contribution in [2.75, 3.05) is 5.32 Å². The number of benzene rings is 1. The number of carbonyl (C=O) groups excluding carboxylic acids is 1. The highest BCUT2D eigenvalue weighted by Gasteiger charge is 2.08. The first-order chi connectivity index (χ1) is 8.20. The van der Waals surface area contributed by atoms with Crippen LogP contribution >= 0.6 is 0 Å². The van der Waals surface area contributed by atoms with E-state index in [2.05, 4.69) is 15.5 Å². The number of carbonyl (C=O) groups is 1. The lowest BCUT2D eigenvalue weighted by molar-refractivity contribution is 0.102. The molecular formula is C11H7FN4O. The third kappa shape index (κ3) is 2.29. The largest absolute Gasteiger partial charge is 0.321 e. The van der Waals surface area contributed by atoms with E-state index in [9.17, 15) is 9.18 Å². The van der Waals surface area contributed by atoms with Gasteiger partial charge >= 0.3 is 0 Å². The number of rotatable bonds is 2. The van der Waals surface area contributed by atoms with Gasteiger partial charge in [-0.2, -0.15) is 10.4 Å². The van der Waals surface area contributed by atoms with Crippen molar-refractivity contribution in [2.45, 2.75) is 0 Å². The van der Waals surface area contributed by atoms with Crippen LogP contribution in [-0.2, 0) is 0 Å². The van der Waals surface area contributed by atoms with E-state index < -0.39 is 11.7 Å². The van der Waals surface area contributed by atoms with Crippen LogP contribution in [0.1, 0.15) is 16.1 Å². The first-order valence-electron chi connectivity index (χ1n) is 4.71. The standard InChI is InChI=1S/C11H7FN4O/c12-9-2-1-8(5-7(9)6-13)15-11(17)10-3-4-14-16-10/h1-5H,(H,14,16)(H,15,17). The van der Waals surface area contributed by atoms with E-state index in [-0.39, 0.29) is 11.3 Å². The number of aromatic nitrogens is 2. The summed E-state index contributed by atoms with van der Waals surface area (Å²) in [5.41, 5.74) is 0.516. The molecule has 6 heteroatoms. The Labute approximate surface area is 95.9 Å². The number of hydrogen-bond donors (Lipinski definition) is 2. The fourth-order valence-corrected chi connectivity index (χ4v) is 1.27. The van der Waals surface area contributed by atoms with Gasteiger partial charge in [0.25, 0.3) is 5.91 Å². The predicted molar refractivity (Wildman–Crippen MR) is 57.7 cm³/mol. The first kappa shape index (κ1) is 10.8. The molecule has 0 aliphatic carbocycles. The minimum Gasteiger partial charge on any atom is -0.321 e. The Morgan fingerprint density at radius 2 is 2.29 bits per heavy atom. The van der Waals surface area contributed by atoms with E-state index in [1.54, 1.807) is 6.07 Å². The van der Waals surface area contributed by atoms with Gasteiger partial charge in [0.1, 0.15) is 17.6 Å². The molecule has 2 N–H and O–H groups in total. The smallest absolute Gasteiger partial charge is 0.273 e. The molecule has 1 heterocycles. The predicted octanol–water partition coefficient (Wildman–Crippen LogP) is 1.67. The van der Waals surface area contributed by atoms with Gasteiger partial charge in [-0.1, -0.05) is 0 Å². The number of hydrogen-bond acceptors (Lipinski definition) is 3. The molecule has 0 aliphatic heterocycles. The van der Waals surface area contributed by atoms with E-state index in [1.807, 2.05) is 0 Å². The molecule has 0 bridgehead atoms. The number of nitrogens with zero attached hydrogens (tertiary/aromatic N) is 2. The van der Waals surface area contributed by atoms with Gasteiger partial charge < -0.3 is 5.32 Å². The van der Waals surface area contributed by atoms with E-state index in [0.29, 0.717) is 5.69 Å². The van der Waals surface area contributed by atoms with Crippen molar-refractivity contribution in [3.05, 3.63) is 47.5 Å². The lowest BCUT2D eigenvalue weighted by Crippen LogP contribution is -2.12. The molecule has 1 aromatic heterocycles. The number of anilines is 1. The highest BCUT2D eigenvalue weighted by atomic mass is 19.1. The average Bonchev–Trinajstić information content (AvgIpc) is 2.85. The summed E-state index contributed by atoms with van der Waals surface area (Å²) in [7, 11) is 0. The molecule has 0 spiro atoms. The normalized spacial score (nSPS) is 9.65. The van der Waals surface area contributed by atoms with Crippen molar-refractivity contribution in [1.82, 2.24) is 10.2 Å². The SMILES string of the molecule is N#Cc1cc(NC(=O)c2ccn[nH]2)ccc1F. The van der Waals surface area contributed by atoms with E-state index in [1.165, 1.54) is 24.4 Å². The van der Waals surface area contributed by atoms with E-state index in [0.717, 1.165) is 6.07 Å². The Kier molecular flexibility index (Phi) is 2.83. The first-order valence-corrected chi connectivity index (χ1v) is 4.71. The van der Waals surface area contributed by atoms with Crippen molar-refractivity contribution < 1.29 is 9.18 Å². The van der Waals surface area contributed by atoms with Crippen molar-refractivity contribution in [3.8, 4) is 6.07 Å². The molecule has 0 saturated carbocycles. The molecule has 2 rings (SSSR count). The van der Waals surface area contributed by atoms with Crippen LogP contribution in [0.4, 0.5) is 10.1 Å². The quantitative estimate of drug-likeness (QED) is 0.823. The second-order valence-electron chi connectivity index (χ2n) is 3.23. The van der Waals surface area contributed by atoms with Crippen LogP contribution in [0.25, 0.3) is 0 Å². The molecule has 0 unspecified atom stereocenters. The van der Waals surface area contributed by atoms with Crippen molar-refractivity contribution in [2.24, 2.45) is 0 Å². The highest BCUT2D eigenvalue weighted by Crippen LogP contribution is 2.14. The van der Waals surface area contributed by atoms with Gasteiger partial charge in [0.2, 0.25) is 0 Å². The maximum absolute atomic E-state index is 13.0. The van der Waals surface area contributed by atoms with Crippen LogP contribution in [0.2, 0.25) is 0 Å². The molecule has 0 atom stereocenters. The maximum atomic E-state index is 13.0.